The van der Waals surface area contributed by atoms with Crippen LogP contribution in [0.2, 0.25) is 0 Å². The number of amides is 1. The number of ether oxygens (including phenoxy) is 1. The summed E-state index contributed by atoms with van der Waals surface area (Å²) in [6.07, 6.45) is 6.41. The van der Waals surface area contributed by atoms with Crippen molar-refractivity contribution in [2.45, 2.75) is 45.1 Å². The van der Waals surface area contributed by atoms with E-state index in [0.717, 1.165) is 36.6 Å². The fourth-order valence-corrected chi connectivity index (χ4v) is 3.94. The normalized spacial score (nSPS) is 20.0. The number of likely N-dealkylation sites (tertiary alicyclic amines) is 1. The topological polar surface area (TPSA) is 58.0 Å². The maximum atomic E-state index is 12.2. The van der Waals surface area contributed by atoms with Gasteiger partial charge in [-0.25, -0.2) is 4.98 Å². The number of hydrazone groups is 1. The Bertz CT molecular complexity index is 851. The summed E-state index contributed by atoms with van der Waals surface area (Å²) in [5.41, 5.74) is 1.90. The molecule has 6 nitrogen and oxygen atoms in total. The Morgan fingerprint density at radius 1 is 1.14 bits per heavy atom. The van der Waals surface area contributed by atoms with Crippen molar-refractivity contribution in [3.8, 4) is 5.75 Å². The molecule has 1 atom stereocenters. The summed E-state index contributed by atoms with van der Waals surface area (Å²) in [6, 6.07) is 14.2. The van der Waals surface area contributed by atoms with Gasteiger partial charge in [0.05, 0.1) is 12.3 Å². The van der Waals surface area contributed by atoms with E-state index in [4.69, 9.17) is 4.74 Å². The zero-order chi connectivity index (χ0) is 20.1. The smallest absolute Gasteiger partial charge is 0.249 e. The van der Waals surface area contributed by atoms with Crippen LogP contribution in [0.5, 0.6) is 5.75 Å². The minimum atomic E-state index is -0.0280. The van der Waals surface area contributed by atoms with E-state index in [1.165, 1.54) is 24.4 Å². The number of anilines is 1. The van der Waals surface area contributed by atoms with E-state index in [9.17, 15) is 4.79 Å². The Labute approximate surface area is 172 Å². The van der Waals surface area contributed by atoms with Gasteiger partial charge in [-0.1, -0.05) is 6.07 Å². The quantitative estimate of drug-likeness (QED) is 0.671. The molecule has 0 radical (unpaired) electrons. The number of pyridine rings is 1. The average molecular weight is 393 g/mol. The molecule has 2 aromatic rings. The van der Waals surface area contributed by atoms with Gasteiger partial charge in [0, 0.05) is 31.6 Å². The molecule has 0 aliphatic carbocycles. The minimum Gasteiger partial charge on any atom is -0.494 e. The maximum Gasteiger partial charge on any atom is 0.249 e. The van der Waals surface area contributed by atoms with E-state index < -0.39 is 0 Å². The summed E-state index contributed by atoms with van der Waals surface area (Å²) in [6.45, 7) is 5.36. The molecule has 1 aromatic carbocycles. The van der Waals surface area contributed by atoms with Crippen LogP contribution in [0.1, 0.15) is 44.6 Å². The van der Waals surface area contributed by atoms with Gasteiger partial charge in [-0.3, -0.25) is 4.79 Å². The van der Waals surface area contributed by atoms with Crippen LogP contribution >= 0.6 is 0 Å². The van der Waals surface area contributed by atoms with Gasteiger partial charge in [0.15, 0.2) is 5.82 Å². The molecule has 1 amide bonds. The fourth-order valence-electron chi connectivity index (χ4n) is 3.94. The number of aromatic nitrogens is 1. The second-order valence-electron chi connectivity index (χ2n) is 7.69. The Morgan fingerprint density at radius 3 is 2.72 bits per heavy atom. The summed E-state index contributed by atoms with van der Waals surface area (Å²) in [4.78, 5) is 19.0. The van der Waals surface area contributed by atoms with Crippen molar-refractivity contribution in [2.24, 2.45) is 5.10 Å². The first-order valence-corrected chi connectivity index (χ1v) is 10.5. The SMILES string of the molecule is C[C@@H]1CCCN1CCCOc1ccc(C2=NN(c3ccccn3)C(=O)CC2)cc1. The molecule has 1 fully saturated rings. The molecule has 3 heterocycles. The summed E-state index contributed by atoms with van der Waals surface area (Å²) in [5, 5.41) is 5.96. The minimum absolute atomic E-state index is 0.0280. The molecule has 0 spiro atoms. The van der Waals surface area contributed by atoms with E-state index in [2.05, 4.69) is 21.9 Å². The second-order valence-corrected chi connectivity index (χ2v) is 7.69. The first-order chi connectivity index (χ1) is 14.2. The first kappa shape index (κ1) is 19.6. The molecule has 4 rings (SSSR count). The van der Waals surface area contributed by atoms with Crippen LogP contribution in [0.4, 0.5) is 5.82 Å². The van der Waals surface area contributed by atoms with Gasteiger partial charge >= 0.3 is 0 Å². The molecule has 0 unspecified atom stereocenters. The maximum absolute atomic E-state index is 12.2. The molecule has 1 aromatic heterocycles. The van der Waals surface area contributed by atoms with Crippen molar-refractivity contribution in [3.63, 3.8) is 0 Å². The van der Waals surface area contributed by atoms with E-state index in [1.807, 2.05) is 36.4 Å². The van der Waals surface area contributed by atoms with Crippen LogP contribution in [0.3, 0.4) is 0 Å². The Balaban J connectivity index is 1.34. The third kappa shape index (κ3) is 4.82. The lowest BCUT2D eigenvalue weighted by atomic mass is 10.0. The second kappa shape index (κ2) is 9.18. The standard InChI is InChI=1S/C23H28N4O2/c1-18-6-4-15-26(18)16-5-17-29-20-10-8-19(9-11-20)21-12-13-23(28)27(25-21)22-7-2-3-14-24-22/h2-3,7-11,14,18H,4-6,12-13,15-17H2,1H3/t18-/m1/s1. The highest BCUT2D eigenvalue weighted by Gasteiger charge is 2.23. The van der Waals surface area contributed by atoms with Crippen molar-refractivity contribution < 1.29 is 9.53 Å². The van der Waals surface area contributed by atoms with Gasteiger partial charge in [-0.05, 0) is 74.7 Å². The monoisotopic (exact) mass is 392 g/mol. The molecule has 2 aliphatic rings. The lowest BCUT2D eigenvalue weighted by molar-refractivity contribution is -0.118. The molecular weight excluding hydrogens is 364 g/mol. The van der Waals surface area contributed by atoms with Crippen LogP contribution in [0.25, 0.3) is 0 Å². The van der Waals surface area contributed by atoms with Crippen LogP contribution in [0.15, 0.2) is 53.8 Å². The molecule has 0 bridgehead atoms. The highest BCUT2D eigenvalue weighted by atomic mass is 16.5. The van der Waals surface area contributed by atoms with Crippen molar-refractivity contribution in [1.29, 1.82) is 0 Å². The van der Waals surface area contributed by atoms with E-state index in [0.29, 0.717) is 24.7 Å². The summed E-state index contributed by atoms with van der Waals surface area (Å²) >= 11 is 0. The van der Waals surface area contributed by atoms with E-state index in [-0.39, 0.29) is 5.91 Å². The number of hydrogen-bond acceptors (Lipinski definition) is 5. The average Bonchev–Trinajstić information content (AvgIpc) is 3.17. The number of hydrogen-bond donors (Lipinski definition) is 0. The van der Waals surface area contributed by atoms with Crippen molar-refractivity contribution >= 4 is 17.4 Å². The Kier molecular flexibility index (Phi) is 6.20. The number of rotatable bonds is 7. The van der Waals surface area contributed by atoms with Crippen molar-refractivity contribution in [1.82, 2.24) is 9.88 Å². The Morgan fingerprint density at radius 2 is 2.00 bits per heavy atom. The summed E-state index contributed by atoms with van der Waals surface area (Å²) in [7, 11) is 0. The first-order valence-electron chi connectivity index (χ1n) is 10.5. The lowest BCUT2D eigenvalue weighted by Crippen LogP contribution is -2.32. The zero-order valence-electron chi connectivity index (χ0n) is 17.0. The van der Waals surface area contributed by atoms with Crippen LogP contribution in [0, 0.1) is 0 Å². The van der Waals surface area contributed by atoms with Gasteiger partial charge < -0.3 is 9.64 Å². The number of nitrogens with zero attached hydrogens (tertiary/aromatic N) is 4. The van der Waals surface area contributed by atoms with Gasteiger partial charge in [-0.15, -0.1) is 0 Å². The van der Waals surface area contributed by atoms with Crippen LogP contribution in [-0.2, 0) is 4.79 Å². The molecule has 1 saturated heterocycles. The largest absolute Gasteiger partial charge is 0.494 e. The molecular formula is C23H28N4O2. The molecule has 2 aliphatic heterocycles. The van der Waals surface area contributed by atoms with Gasteiger partial charge in [0.1, 0.15) is 5.75 Å². The van der Waals surface area contributed by atoms with E-state index >= 15 is 0 Å². The van der Waals surface area contributed by atoms with Crippen molar-refractivity contribution in [2.75, 3.05) is 24.7 Å². The van der Waals surface area contributed by atoms with Crippen LogP contribution in [-0.4, -0.2) is 47.2 Å². The number of carbonyl (C=O) groups is 1. The van der Waals surface area contributed by atoms with Crippen molar-refractivity contribution in [3.05, 3.63) is 54.2 Å². The number of carbonyl (C=O) groups excluding carboxylic acids is 1. The molecule has 6 heteroatoms. The van der Waals surface area contributed by atoms with E-state index in [1.54, 1.807) is 12.3 Å². The molecule has 152 valence electrons. The lowest BCUT2D eigenvalue weighted by Gasteiger charge is -2.22. The van der Waals surface area contributed by atoms with Gasteiger partial charge in [-0.2, -0.15) is 10.1 Å². The zero-order valence-corrected chi connectivity index (χ0v) is 17.0. The highest BCUT2D eigenvalue weighted by Crippen LogP contribution is 2.22. The Hall–Kier alpha value is -2.73. The third-order valence-electron chi connectivity index (χ3n) is 5.64. The van der Waals surface area contributed by atoms with Gasteiger partial charge in [0.2, 0.25) is 5.91 Å². The predicted octanol–water partition coefficient (Wildman–Crippen LogP) is 3.87. The number of benzene rings is 1. The molecule has 0 N–H and O–H groups in total. The highest BCUT2D eigenvalue weighted by molar-refractivity contribution is 6.08. The fraction of sp³-hybridized carbons (Fsp3) is 0.435. The molecule has 0 saturated carbocycles. The van der Waals surface area contributed by atoms with Gasteiger partial charge in [0.25, 0.3) is 0 Å². The summed E-state index contributed by atoms with van der Waals surface area (Å²) < 4.78 is 5.91. The summed E-state index contributed by atoms with van der Waals surface area (Å²) in [5.74, 6) is 1.40. The van der Waals surface area contributed by atoms with Crippen LogP contribution < -0.4 is 9.75 Å². The third-order valence-corrected chi connectivity index (χ3v) is 5.64. The predicted molar refractivity (Wildman–Crippen MR) is 114 cm³/mol. The molecule has 29 heavy (non-hydrogen) atoms.